The fourth-order valence-corrected chi connectivity index (χ4v) is 2.98. The highest BCUT2D eigenvalue weighted by Crippen LogP contribution is 2.17. The number of hydrogen-bond acceptors (Lipinski definition) is 2. The first-order chi connectivity index (χ1) is 7.85. The maximum absolute atomic E-state index is 13.3. The van der Waals surface area contributed by atoms with Crippen LogP contribution in [-0.4, -0.2) is 20.1 Å². The highest BCUT2D eigenvalue weighted by molar-refractivity contribution is 7.89. The Kier molecular flexibility index (Phi) is 4.91. The van der Waals surface area contributed by atoms with Crippen LogP contribution in [0.3, 0.4) is 0 Å². The second-order valence-electron chi connectivity index (χ2n) is 3.86. The molecule has 1 aromatic rings. The minimum Gasteiger partial charge on any atom is -0.212 e. The van der Waals surface area contributed by atoms with Crippen LogP contribution in [0.4, 0.5) is 4.39 Å². The molecular formula is C11H15ClFNO2S. The minimum atomic E-state index is -3.41. The lowest BCUT2D eigenvalue weighted by Gasteiger charge is -2.14. The van der Waals surface area contributed by atoms with Crippen molar-refractivity contribution >= 4 is 21.6 Å². The molecule has 1 rings (SSSR count). The number of halogens is 2. The number of alkyl halides is 1. The Hall–Kier alpha value is -0.650. The van der Waals surface area contributed by atoms with Gasteiger partial charge in [0.15, 0.2) is 0 Å². The van der Waals surface area contributed by atoms with E-state index in [1.807, 2.05) is 0 Å². The van der Waals surface area contributed by atoms with Crippen molar-refractivity contribution < 1.29 is 12.8 Å². The first-order valence-corrected chi connectivity index (χ1v) is 7.36. The van der Waals surface area contributed by atoms with Crippen LogP contribution in [0, 0.1) is 12.7 Å². The van der Waals surface area contributed by atoms with Gasteiger partial charge in [-0.25, -0.2) is 17.5 Å². The molecule has 0 aliphatic rings. The second-order valence-corrected chi connectivity index (χ2v) is 6.11. The molecule has 0 amide bonds. The molecule has 0 saturated carbocycles. The van der Waals surface area contributed by atoms with Gasteiger partial charge >= 0.3 is 0 Å². The molecule has 0 aromatic heterocycles. The lowest BCUT2D eigenvalue weighted by molar-refractivity contribution is 0.565. The fraction of sp³-hybridized carbons (Fsp3) is 0.455. The van der Waals surface area contributed by atoms with E-state index < -0.39 is 16.1 Å². The van der Waals surface area contributed by atoms with E-state index in [-0.39, 0.29) is 17.5 Å². The lowest BCUT2D eigenvalue weighted by Crippen LogP contribution is -2.29. The molecule has 3 nitrogen and oxygen atoms in total. The minimum absolute atomic E-state index is 0.0321. The molecule has 0 radical (unpaired) electrons. The molecule has 0 saturated heterocycles. The lowest BCUT2D eigenvalue weighted by atomic mass is 10.1. The van der Waals surface area contributed by atoms with Gasteiger partial charge in [-0.15, -0.1) is 11.6 Å². The molecule has 96 valence electrons. The van der Waals surface area contributed by atoms with Gasteiger partial charge in [0.2, 0.25) is 10.0 Å². The number of nitrogens with one attached hydrogen (secondary N) is 1. The van der Waals surface area contributed by atoms with E-state index in [0.717, 1.165) is 0 Å². The molecule has 1 atom stereocenters. The molecule has 17 heavy (non-hydrogen) atoms. The maximum Gasteiger partial charge on any atom is 0.213 e. The van der Waals surface area contributed by atoms with Crippen LogP contribution >= 0.6 is 11.6 Å². The predicted octanol–water partition coefficient (Wildman–Crippen LogP) is 2.35. The van der Waals surface area contributed by atoms with E-state index in [4.69, 9.17) is 11.6 Å². The summed E-state index contributed by atoms with van der Waals surface area (Å²) in [5, 5.41) is 0. The average molecular weight is 280 g/mol. The quantitative estimate of drug-likeness (QED) is 0.841. The molecule has 1 aromatic carbocycles. The summed E-state index contributed by atoms with van der Waals surface area (Å²) >= 11 is 5.38. The van der Waals surface area contributed by atoms with Gasteiger partial charge in [-0.2, -0.15) is 0 Å². The van der Waals surface area contributed by atoms with Crippen LogP contribution in [0.1, 0.15) is 24.1 Å². The Bertz CT molecular complexity index is 490. The number of hydrogen-bond donors (Lipinski definition) is 1. The third-order valence-corrected chi connectivity index (χ3v) is 4.27. The van der Waals surface area contributed by atoms with Gasteiger partial charge in [0, 0.05) is 11.9 Å². The van der Waals surface area contributed by atoms with Crippen LogP contribution in [-0.2, 0) is 10.0 Å². The van der Waals surface area contributed by atoms with Crippen molar-refractivity contribution in [2.45, 2.75) is 19.9 Å². The van der Waals surface area contributed by atoms with Crippen molar-refractivity contribution in [3.05, 3.63) is 35.1 Å². The third-order valence-electron chi connectivity index (χ3n) is 2.40. The molecule has 0 bridgehead atoms. The Balaban J connectivity index is 2.83. The normalized spacial score (nSPS) is 13.6. The third kappa shape index (κ3) is 4.26. The molecule has 0 fully saturated rings. The smallest absolute Gasteiger partial charge is 0.212 e. The maximum atomic E-state index is 13.3. The van der Waals surface area contributed by atoms with Gasteiger partial charge in [-0.3, -0.25) is 0 Å². The predicted molar refractivity (Wildman–Crippen MR) is 67.2 cm³/mol. The summed E-state index contributed by atoms with van der Waals surface area (Å²) in [4.78, 5) is 0. The van der Waals surface area contributed by atoms with Crippen LogP contribution in [0.2, 0.25) is 0 Å². The SMILES string of the molecule is Cc1ccc(C(C)NS(=O)(=O)CCCl)cc1F. The summed E-state index contributed by atoms with van der Waals surface area (Å²) < 4.78 is 38.7. The Morgan fingerprint density at radius 1 is 1.47 bits per heavy atom. The van der Waals surface area contributed by atoms with Gasteiger partial charge in [0.1, 0.15) is 5.82 Å². The molecule has 0 aliphatic carbocycles. The molecule has 0 spiro atoms. The summed E-state index contributed by atoms with van der Waals surface area (Å²) in [7, 11) is -3.41. The van der Waals surface area contributed by atoms with E-state index in [0.29, 0.717) is 11.1 Å². The summed E-state index contributed by atoms with van der Waals surface area (Å²) in [6.45, 7) is 3.32. The zero-order valence-corrected chi connectivity index (χ0v) is 11.3. The van der Waals surface area contributed by atoms with E-state index in [9.17, 15) is 12.8 Å². The highest BCUT2D eigenvalue weighted by Gasteiger charge is 2.15. The van der Waals surface area contributed by atoms with Crippen molar-refractivity contribution in [2.24, 2.45) is 0 Å². The highest BCUT2D eigenvalue weighted by atomic mass is 35.5. The standard InChI is InChI=1S/C11H15ClFNO2S/c1-8-3-4-10(7-11(8)13)9(2)14-17(15,16)6-5-12/h3-4,7,9,14H,5-6H2,1-2H3. The van der Waals surface area contributed by atoms with Gasteiger partial charge in [-0.1, -0.05) is 12.1 Å². The van der Waals surface area contributed by atoms with E-state index in [1.165, 1.54) is 6.07 Å². The van der Waals surface area contributed by atoms with Crippen LogP contribution in [0.15, 0.2) is 18.2 Å². The van der Waals surface area contributed by atoms with Crippen LogP contribution in [0.5, 0.6) is 0 Å². The van der Waals surface area contributed by atoms with Gasteiger partial charge in [0.05, 0.1) is 5.75 Å². The van der Waals surface area contributed by atoms with Crippen LogP contribution in [0.25, 0.3) is 0 Å². The zero-order chi connectivity index (χ0) is 13.1. The van der Waals surface area contributed by atoms with E-state index in [2.05, 4.69) is 4.72 Å². The monoisotopic (exact) mass is 279 g/mol. The average Bonchev–Trinajstić information content (AvgIpc) is 2.21. The summed E-state index contributed by atoms with van der Waals surface area (Å²) in [6, 6.07) is 4.19. The van der Waals surface area contributed by atoms with Gasteiger partial charge in [-0.05, 0) is 31.0 Å². The van der Waals surface area contributed by atoms with Crippen molar-refractivity contribution in [3.8, 4) is 0 Å². The Morgan fingerprint density at radius 2 is 2.12 bits per heavy atom. The van der Waals surface area contributed by atoms with Crippen molar-refractivity contribution in [1.29, 1.82) is 0 Å². The van der Waals surface area contributed by atoms with Crippen molar-refractivity contribution in [2.75, 3.05) is 11.6 Å². The molecule has 0 heterocycles. The largest absolute Gasteiger partial charge is 0.213 e. The van der Waals surface area contributed by atoms with Gasteiger partial charge < -0.3 is 0 Å². The number of aryl methyl sites for hydroxylation is 1. The number of rotatable bonds is 5. The molecule has 1 unspecified atom stereocenters. The number of sulfonamides is 1. The summed E-state index contributed by atoms with van der Waals surface area (Å²) in [6.07, 6.45) is 0. The Labute approximate surface area is 106 Å². The fourth-order valence-electron chi connectivity index (χ4n) is 1.38. The first kappa shape index (κ1) is 14.4. The number of benzene rings is 1. The topological polar surface area (TPSA) is 46.2 Å². The van der Waals surface area contributed by atoms with Crippen molar-refractivity contribution in [1.82, 2.24) is 4.72 Å². The molecular weight excluding hydrogens is 265 g/mol. The van der Waals surface area contributed by atoms with Crippen molar-refractivity contribution in [3.63, 3.8) is 0 Å². The van der Waals surface area contributed by atoms with Crippen LogP contribution < -0.4 is 4.72 Å². The summed E-state index contributed by atoms with van der Waals surface area (Å²) in [5.41, 5.74) is 1.12. The summed E-state index contributed by atoms with van der Waals surface area (Å²) in [5.74, 6) is -0.455. The van der Waals surface area contributed by atoms with E-state index in [1.54, 1.807) is 26.0 Å². The Morgan fingerprint density at radius 3 is 2.65 bits per heavy atom. The molecule has 1 N–H and O–H groups in total. The second kappa shape index (κ2) is 5.80. The first-order valence-electron chi connectivity index (χ1n) is 5.18. The van der Waals surface area contributed by atoms with Gasteiger partial charge in [0.25, 0.3) is 0 Å². The zero-order valence-electron chi connectivity index (χ0n) is 9.70. The molecule has 0 aliphatic heterocycles. The van der Waals surface area contributed by atoms with E-state index >= 15 is 0 Å². The molecule has 6 heteroatoms.